The fraction of sp³-hybridized carbons (Fsp3) is 0.179. The van der Waals surface area contributed by atoms with Gasteiger partial charge in [-0.1, -0.05) is 84.4 Å². The van der Waals surface area contributed by atoms with Crippen LogP contribution in [-0.4, -0.2) is 30.5 Å². The van der Waals surface area contributed by atoms with Gasteiger partial charge in [-0.05, 0) is 67.1 Å². The lowest BCUT2D eigenvalue weighted by Gasteiger charge is -2.20. The molecule has 9 heteroatoms. The molecule has 0 radical (unpaired) electrons. The molecule has 2 aromatic heterocycles. The second kappa shape index (κ2) is 13.0. The Morgan fingerprint density at radius 3 is 2.10 bits per heavy atom. The molecule has 0 unspecified atom stereocenters. The fourth-order valence-corrected chi connectivity index (χ4v) is 7.60. The van der Waals surface area contributed by atoms with E-state index in [0.717, 1.165) is 45.2 Å². The van der Waals surface area contributed by atoms with Gasteiger partial charge in [-0.2, -0.15) is 0 Å². The van der Waals surface area contributed by atoms with Gasteiger partial charge in [0.05, 0.1) is 23.2 Å². The van der Waals surface area contributed by atoms with Gasteiger partial charge in [-0.25, -0.2) is 22.2 Å². The summed E-state index contributed by atoms with van der Waals surface area (Å²) in [4.78, 5) is 18.7. The zero-order valence-corrected chi connectivity index (χ0v) is 27.5. The second-order valence-electron chi connectivity index (χ2n) is 11.8. The summed E-state index contributed by atoms with van der Waals surface area (Å²) in [5.41, 5.74) is 6.80. The Balaban J connectivity index is 1.39. The summed E-state index contributed by atoms with van der Waals surface area (Å²) in [6, 6.07) is 31.8. The lowest BCUT2D eigenvalue weighted by atomic mass is 9.97. The molecule has 0 saturated carbocycles. The molecule has 0 saturated heterocycles. The molecular formula is C39H34N2O6S. The highest BCUT2D eigenvalue weighted by Crippen LogP contribution is 2.44. The van der Waals surface area contributed by atoms with Crippen LogP contribution in [0.3, 0.4) is 0 Å². The SMILES string of the molecule is COC(=O)c1c(OCc2ccccc2)nc2c(c1OCc1ccccc1)CCCc1c-2ccc2c1ccn2S(=O)(=O)c1ccc(C)cc1. The van der Waals surface area contributed by atoms with Crippen LogP contribution in [0.4, 0.5) is 0 Å². The van der Waals surface area contributed by atoms with Crippen molar-refractivity contribution in [1.29, 1.82) is 0 Å². The number of nitrogens with zero attached hydrogens (tertiary/aromatic N) is 2. The second-order valence-corrected chi connectivity index (χ2v) is 13.6. The predicted molar refractivity (Wildman–Crippen MR) is 184 cm³/mol. The zero-order valence-electron chi connectivity index (χ0n) is 26.7. The van der Waals surface area contributed by atoms with Gasteiger partial charge in [0, 0.05) is 22.7 Å². The molecule has 0 atom stereocenters. The van der Waals surface area contributed by atoms with Crippen molar-refractivity contribution in [2.75, 3.05) is 7.11 Å². The van der Waals surface area contributed by atoms with Gasteiger partial charge in [0.25, 0.3) is 10.0 Å². The summed E-state index contributed by atoms with van der Waals surface area (Å²) in [5, 5.41) is 0.827. The van der Waals surface area contributed by atoms with Crippen LogP contribution >= 0.6 is 0 Å². The summed E-state index contributed by atoms with van der Waals surface area (Å²) in [5.74, 6) is -0.110. The maximum absolute atomic E-state index is 13.7. The zero-order chi connectivity index (χ0) is 33.3. The first kappa shape index (κ1) is 31.2. The first-order chi connectivity index (χ1) is 23.3. The molecular weight excluding hydrogens is 625 g/mol. The molecule has 0 N–H and O–H groups in total. The lowest BCUT2D eigenvalue weighted by molar-refractivity contribution is 0.0588. The maximum Gasteiger partial charge on any atom is 0.347 e. The first-order valence-electron chi connectivity index (χ1n) is 15.8. The maximum atomic E-state index is 13.7. The number of methoxy groups -OCH3 is 1. The Hall–Kier alpha value is -5.41. The van der Waals surface area contributed by atoms with E-state index in [1.807, 2.05) is 85.8 Å². The van der Waals surface area contributed by atoms with E-state index in [1.165, 1.54) is 11.1 Å². The number of aryl methyl sites for hydroxylation is 2. The van der Waals surface area contributed by atoms with Gasteiger partial charge in [-0.3, -0.25) is 0 Å². The number of hydrogen-bond acceptors (Lipinski definition) is 7. The van der Waals surface area contributed by atoms with Crippen LogP contribution in [-0.2, 0) is 40.8 Å². The number of esters is 1. The molecule has 1 aliphatic carbocycles. The van der Waals surface area contributed by atoms with E-state index < -0.39 is 16.0 Å². The Kier molecular flexibility index (Phi) is 8.45. The van der Waals surface area contributed by atoms with Crippen LogP contribution < -0.4 is 9.47 Å². The first-order valence-corrected chi connectivity index (χ1v) is 17.2. The van der Waals surface area contributed by atoms with Crippen molar-refractivity contribution in [1.82, 2.24) is 8.96 Å². The summed E-state index contributed by atoms with van der Waals surface area (Å²) < 4.78 is 46.8. The Morgan fingerprint density at radius 1 is 0.792 bits per heavy atom. The number of rotatable bonds is 9. The fourth-order valence-electron chi connectivity index (χ4n) is 6.26. The van der Waals surface area contributed by atoms with Crippen LogP contribution in [0.5, 0.6) is 11.6 Å². The summed E-state index contributed by atoms with van der Waals surface area (Å²) in [6.07, 6.45) is 3.59. The van der Waals surface area contributed by atoms with Crippen molar-refractivity contribution in [3.8, 4) is 22.9 Å². The molecule has 7 rings (SSSR count). The molecule has 0 amide bonds. The monoisotopic (exact) mass is 658 g/mol. The molecule has 0 aliphatic heterocycles. The van der Waals surface area contributed by atoms with E-state index in [1.54, 1.807) is 30.5 Å². The highest BCUT2D eigenvalue weighted by Gasteiger charge is 2.31. The van der Waals surface area contributed by atoms with E-state index in [2.05, 4.69) is 0 Å². The summed E-state index contributed by atoms with van der Waals surface area (Å²) in [7, 11) is -2.49. The topological polar surface area (TPSA) is 96.7 Å². The van der Waals surface area contributed by atoms with Crippen LogP contribution in [0, 0.1) is 6.92 Å². The van der Waals surface area contributed by atoms with Gasteiger partial charge in [0.2, 0.25) is 5.88 Å². The molecule has 4 aromatic carbocycles. The minimum absolute atomic E-state index is 0.111. The number of ether oxygens (including phenoxy) is 3. The highest BCUT2D eigenvalue weighted by atomic mass is 32.2. The third-order valence-electron chi connectivity index (χ3n) is 8.68. The Labute approximate surface area is 279 Å². The highest BCUT2D eigenvalue weighted by molar-refractivity contribution is 7.90. The van der Waals surface area contributed by atoms with Gasteiger partial charge < -0.3 is 14.2 Å². The number of aromatic nitrogens is 2. The largest absolute Gasteiger partial charge is 0.487 e. The normalized spacial score (nSPS) is 12.5. The van der Waals surface area contributed by atoms with Gasteiger partial charge >= 0.3 is 5.97 Å². The lowest BCUT2D eigenvalue weighted by Crippen LogP contribution is -2.14. The van der Waals surface area contributed by atoms with Crippen LogP contribution in [0.25, 0.3) is 22.2 Å². The summed E-state index contributed by atoms with van der Waals surface area (Å²) >= 11 is 0. The summed E-state index contributed by atoms with van der Waals surface area (Å²) in [6.45, 7) is 2.33. The molecule has 48 heavy (non-hydrogen) atoms. The van der Waals surface area contributed by atoms with Gasteiger partial charge in [0.15, 0.2) is 5.56 Å². The number of hydrogen-bond donors (Lipinski definition) is 0. The third kappa shape index (κ3) is 5.82. The van der Waals surface area contributed by atoms with Gasteiger partial charge in [0.1, 0.15) is 19.0 Å². The van der Waals surface area contributed by atoms with Crippen molar-refractivity contribution in [3.63, 3.8) is 0 Å². The third-order valence-corrected chi connectivity index (χ3v) is 10.4. The molecule has 8 nitrogen and oxygen atoms in total. The standard InChI is InChI=1S/C39H34N2O6S/c1-26-16-18-29(19-17-26)48(43,44)41-23-22-31-30-14-9-15-33-36(32(30)20-21-34(31)41)40-38(47-25-28-12-7-4-8-13-28)35(39(42)45-2)37(33)46-24-27-10-5-3-6-11-27/h3-8,10-13,16-23H,9,14-15,24-25H2,1-2H3. The minimum Gasteiger partial charge on any atom is -0.487 e. The quantitative estimate of drug-likeness (QED) is 0.147. The number of carbonyl (C=O) groups is 1. The van der Waals surface area contributed by atoms with Crippen molar-refractivity contribution in [3.05, 3.63) is 143 Å². The predicted octanol–water partition coefficient (Wildman–Crippen LogP) is 7.68. The van der Waals surface area contributed by atoms with Crippen LogP contribution in [0.1, 0.15) is 44.6 Å². The number of fused-ring (bicyclic) bond motifs is 5. The minimum atomic E-state index is -3.82. The molecule has 1 aliphatic rings. The smallest absolute Gasteiger partial charge is 0.347 e. The van der Waals surface area contributed by atoms with E-state index in [0.29, 0.717) is 29.8 Å². The molecule has 0 bridgehead atoms. The van der Waals surface area contributed by atoms with Crippen LogP contribution in [0.15, 0.2) is 114 Å². The Bertz CT molecular complexity index is 2230. The van der Waals surface area contributed by atoms with E-state index in [9.17, 15) is 13.2 Å². The van der Waals surface area contributed by atoms with E-state index in [4.69, 9.17) is 19.2 Å². The van der Waals surface area contributed by atoms with Gasteiger partial charge in [-0.15, -0.1) is 0 Å². The van der Waals surface area contributed by atoms with Crippen molar-refractivity contribution < 1.29 is 27.4 Å². The molecule has 242 valence electrons. The molecule has 6 aromatic rings. The number of carbonyl (C=O) groups excluding carboxylic acids is 1. The van der Waals surface area contributed by atoms with Crippen molar-refractivity contribution in [2.24, 2.45) is 0 Å². The molecule has 0 spiro atoms. The number of pyridine rings is 1. The van der Waals surface area contributed by atoms with Crippen molar-refractivity contribution in [2.45, 2.75) is 44.3 Å². The molecule has 0 fully saturated rings. The van der Waals surface area contributed by atoms with E-state index >= 15 is 0 Å². The van der Waals surface area contributed by atoms with Crippen LogP contribution in [0.2, 0.25) is 0 Å². The average Bonchev–Trinajstić information content (AvgIpc) is 3.48. The van der Waals surface area contributed by atoms with Crippen molar-refractivity contribution >= 4 is 26.9 Å². The van der Waals surface area contributed by atoms with E-state index in [-0.39, 0.29) is 29.6 Å². The Morgan fingerprint density at radius 2 is 1.44 bits per heavy atom. The molecule has 2 heterocycles. The average molecular weight is 659 g/mol. The number of benzene rings is 4.